The summed E-state index contributed by atoms with van der Waals surface area (Å²) in [7, 11) is 0. The lowest BCUT2D eigenvalue weighted by Gasteiger charge is -2.29. The van der Waals surface area contributed by atoms with E-state index in [2.05, 4.69) is 11.4 Å². The van der Waals surface area contributed by atoms with Crippen molar-refractivity contribution in [2.45, 2.75) is 63.5 Å². The number of hydrogen-bond donors (Lipinski definition) is 1. The number of amides is 1. The van der Waals surface area contributed by atoms with Crippen LogP contribution in [-0.4, -0.2) is 41.3 Å². The smallest absolute Gasteiger partial charge is 0.237 e. The van der Waals surface area contributed by atoms with Gasteiger partial charge in [0.1, 0.15) is 11.8 Å². The van der Waals surface area contributed by atoms with Gasteiger partial charge < -0.3 is 10.2 Å². The monoisotopic (exact) mass is 289 g/mol. The Morgan fingerprint density at radius 3 is 2.62 bits per heavy atom. The van der Waals surface area contributed by atoms with Gasteiger partial charge in [-0.05, 0) is 51.9 Å². The van der Waals surface area contributed by atoms with Crippen molar-refractivity contribution in [2.75, 3.05) is 13.1 Å². The predicted molar refractivity (Wildman–Crippen MR) is 77.3 cm³/mol. The summed E-state index contributed by atoms with van der Waals surface area (Å²) in [5.74, 6) is 0.333. The van der Waals surface area contributed by atoms with Gasteiger partial charge in [0.15, 0.2) is 0 Å². The van der Waals surface area contributed by atoms with Crippen LogP contribution in [0.4, 0.5) is 0 Å². The fraction of sp³-hybridized carbons (Fsp3) is 0.812. The van der Waals surface area contributed by atoms with Crippen molar-refractivity contribution < 1.29 is 9.59 Å². The lowest BCUT2D eigenvalue weighted by molar-refractivity contribution is -0.130. The number of nitrogens with one attached hydrogen (secondary N) is 1. The molecule has 5 nitrogen and oxygen atoms in total. The number of rotatable bonds is 4. The molecule has 0 spiro atoms. The molecule has 0 aromatic heterocycles. The summed E-state index contributed by atoms with van der Waals surface area (Å²) in [5.41, 5.74) is -0.151. The molecule has 1 saturated heterocycles. The number of Topliss-reactive ketones (excluding diaryl/α,β-unsaturated/α-hetero) is 1. The molecule has 2 bridgehead atoms. The van der Waals surface area contributed by atoms with Crippen molar-refractivity contribution in [1.82, 2.24) is 10.2 Å². The van der Waals surface area contributed by atoms with E-state index in [0.717, 1.165) is 44.9 Å². The first-order valence-corrected chi connectivity index (χ1v) is 7.96. The molecule has 114 valence electrons. The highest BCUT2D eigenvalue weighted by atomic mass is 16.2. The number of likely N-dealkylation sites (tertiary alicyclic amines) is 1. The quantitative estimate of drug-likeness (QED) is 0.848. The minimum Gasteiger partial charge on any atom is -0.326 e. The van der Waals surface area contributed by atoms with Crippen LogP contribution in [0.15, 0.2) is 0 Å². The van der Waals surface area contributed by atoms with Crippen molar-refractivity contribution in [3.8, 4) is 6.07 Å². The maximum absolute atomic E-state index is 12.3. The maximum atomic E-state index is 12.3. The molecule has 0 radical (unpaired) electrons. The molecule has 3 rings (SSSR count). The largest absolute Gasteiger partial charge is 0.326 e. The van der Waals surface area contributed by atoms with E-state index in [1.165, 1.54) is 0 Å². The van der Waals surface area contributed by atoms with Gasteiger partial charge in [-0.15, -0.1) is 0 Å². The number of nitrogens with zero attached hydrogens (tertiary/aromatic N) is 2. The number of hydrogen-bond acceptors (Lipinski definition) is 4. The Labute approximate surface area is 125 Å². The number of carbonyl (C=O) groups excluding carboxylic acids is 2. The van der Waals surface area contributed by atoms with Crippen molar-refractivity contribution in [3.63, 3.8) is 0 Å². The van der Waals surface area contributed by atoms with Gasteiger partial charge in [0, 0.05) is 17.5 Å². The average molecular weight is 289 g/mol. The second kappa shape index (κ2) is 5.10. The Hall–Kier alpha value is -1.41. The van der Waals surface area contributed by atoms with Crippen molar-refractivity contribution in [1.29, 1.82) is 5.26 Å². The zero-order valence-corrected chi connectivity index (χ0v) is 12.7. The average Bonchev–Trinajstić information content (AvgIpc) is 3.18. The van der Waals surface area contributed by atoms with E-state index in [4.69, 9.17) is 5.26 Å². The summed E-state index contributed by atoms with van der Waals surface area (Å²) in [6, 6.07) is 1.96. The summed E-state index contributed by atoms with van der Waals surface area (Å²) in [4.78, 5) is 25.9. The van der Waals surface area contributed by atoms with Gasteiger partial charge in [-0.1, -0.05) is 0 Å². The summed E-state index contributed by atoms with van der Waals surface area (Å²) >= 11 is 0. The first kappa shape index (κ1) is 14.5. The van der Waals surface area contributed by atoms with E-state index < -0.39 is 0 Å². The van der Waals surface area contributed by atoms with Crippen molar-refractivity contribution in [2.24, 2.45) is 5.41 Å². The SMILES string of the molecule is CC(=O)C12CCC(NCC(=O)N3CCCC3C#N)(CC1)C2. The van der Waals surface area contributed by atoms with E-state index in [9.17, 15) is 9.59 Å². The number of fused-ring (bicyclic) bond motifs is 2. The maximum Gasteiger partial charge on any atom is 0.237 e. The van der Waals surface area contributed by atoms with Crippen LogP contribution in [0.25, 0.3) is 0 Å². The van der Waals surface area contributed by atoms with Crippen LogP contribution in [0.3, 0.4) is 0 Å². The fourth-order valence-electron chi connectivity index (χ4n) is 4.49. The lowest BCUT2D eigenvalue weighted by atomic mass is 9.81. The molecule has 1 amide bonds. The molecular weight excluding hydrogens is 266 g/mol. The van der Waals surface area contributed by atoms with Gasteiger partial charge in [0.05, 0.1) is 12.6 Å². The van der Waals surface area contributed by atoms with E-state index in [0.29, 0.717) is 18.9 Å². The number of nitriles is 1. The van der Waals surface area contributed by atoms with Gasteiger partial charge in [0.25, 0.3) is 0 Å². The van der Waals surface area contributed by atoms with Crippen LogP contribution in [0.2, 0.25) is 0 Å². The van der Waals surface area contributed by atoms with Crippen LogP contribution in [0.5, 0.6) is 0 Å². The van der Waals surface area contributed by atoms with E-state index >= 15 is 0 Å². The number of ketones is 1. The number of carbonyl (C=O) groups is 2. The molecule has 1 unspecified atom stereocenters. The predicted octanol–water partition coefficient (Wildman–Crippen LogP) is 1.38. The first-order chi connectivity index (χ1) is 10.0. The Balaban J connectivity index is 1.58. The van der Waals surface area contributed by atoms with Crippen LogP contribution >= 0.6 is 0 Å². The molecule has 2 saturated carbocycles. The van der Waals surface area contributed by atoms with Crippen LogP contribution < -0.4 is 5.32 Å². The highest BCUT2D eigenvalue weighted by Gasteiger charge is 2.56. The molecule has 1 aliphatic heterocycles. The molecule has 3 aliphatic rings. The molecule has 2 aliphatic carbocycles. The zero-order chi connectivity index (χ0) is 15.1. The molecule has 1 atom stereocenters. The second-order valence-corrected chi connectivity index (χ2v) is 7.02. The van der Waals surface area contributed by atoms with Crippen molar-refractivity contribution >= 4 is 11.7 Å². The van der Waals surface area contributed by atoms with Crippen molar-refractivity contribution in [3.05, 3.63) is 0 Å². The minimum absolute atomic E-state index is 0.0246. The van der Waals surface area contributed by atoms with Crippen LogP contribution in [0, 0.1) is 16.7 Å². The van der Waals surface area contributed by atoms with Gasteiger partial charge >= 0.3 is 0 Å². The second-order valence-electron chi connectivity index (χ2n) is 7.02. The Morgan fingerprint density at radius 1 is 1.33 bits per heavy atom. The minimum atomic E-state index is -0.250. The topological polar surface area (TPSA) is 73.2 Å². The molecule has 21 heavy (non-hydrogen) atoms. The fourth-order valence-corrected chi connectivity index (χ4v) is 4.49. The Kier molecular flexibility index (Phi) is 3.53. The van der Waals surface area contributed by atoms with Gasteiger partial charge in [-0.3, -0.25) is 9.59 Å². The first-order valence-electron chi connectivity index (χ1n) is 7.96. The Morgan fingerprint density at radius 2 is 2.05 bits per heavy atom. The molecule has 1 heterocycles. The molecule has 0 aromatic carbocycles. The zero-order valence-electron chi connectivity index (χ0n) is 12.7. The van der Waals surface area contributed by atoms with E-state index in [1.54, 1.807) is 11.8 Å². The van der Waals surface area contributed by atoms with E-state index in [-0.39, 0.29) is 22.9 Å². The normalized spacial score (nSPS) is 37.7. The molecule has 5 heteroatoms. The third-order valence-electron chi connectivity index (χ3n) is 5.92. The highest BCUT2D eigenvalue weighted by Crippen LogP contribution is 2.56. The molecule has 1 N–H and O–H groups in total. The van der Waals surface area contributed by atoms with Gasteiger partial charge in [-0.25, -0.2) is 0 Å². The van der Waals surface area contributed by atoms with Gasteiger partial charge in [-0.2, -0.15) is 5.26 Å². The van der Waals surface area contributed by atoms with Crippen LogP contribution in [0.1, 0.15) is 51.9 Å². The molecule has 3 fully saturated rings. The third-order valence-corrected chi connectivity index (χ3v) is 5.92. The standard InChI is InChI=1S/C16H23N3O2/c1-12(20)15-4-6-16(11-15,7-5-15)18-10-14(21)19-8-2-3-13(19)9-17/h13,18H,2-8,10-11H2,1H3. The third kappa shape index (κ3) is 2.36. The summed E-state index contributed by atoms with van der Waals surface area (Å²) < 4.78 is 0. The summed E-state index contributed by atoms with van der Waals surface area (Å²) in [6.45, 7) is 2.70. The summed E-state index contributed by atoms with van der Waals surface area (Å²) in [5, 5.41) is 12.5. The summed E-state index contributed by atoms with van der Waals surface area (Å²) in [6.07, 6.45) is 6.47. The van der Waals surface area contributed by atoms with Gasteiger partial charge in [0.2, 0.25) is 5.91 Å². The van der Waals surface area contributed by atoms with E-state index in [1.807, 2.05) is 0 Å². The highest BCUT2D eigenvalue weighted by molar-refractivity contribution is 5.84. The molecule has 0 aromatic rings. The molecular formula is C16H23N3O2. The van der Waals surface area contributed by atoms with Crippen LogP contribution in [-0.2, 0) is 9.59 Å². The lowest BCUT2D eigenvalue weighted by Crippen LogP contribution is -2.48. The Bertz CT molecular complexity index is 500.